The van der Waals surface area contributed by atoms with Gasteiger partial charge in [0.2, 0.25) is 5.91 Å². The zero-order valence-corrected chi connectivity index (χ0v) is 19.6. The van der Waals surface area contributed by atoms with Crippen LogP contribution in [0.5, 0.6) is 0 Å². The van der Waals surface area contributed by atoms with Crippen molar-refractivity contribution < 1.29 is 14.3 Å². The molecule has 0 radical (unpaired) electrons. The summed E-state index contributed by atoms with van der Waals surface area (Å²) in [5.41, 5.74) is 0.548. The van der Waals surface area contributed by atoms with Crippen LogP contribution in [0.25, 0.3) is 6.08 Å². The second-order valence-corrected chi connectivity index (χ2v) is 9.75. The molecule has 2 heterocycles. The molecule has 2 aliphatic heterocycles. The Morgan fingerprint density at radius 2 is 1.68 bits per heavy atom. The van der Waals surface area contributed by atoms with Crippen molar-refractivity contribution >= 4 is 29.7 Å². The average Bonchev–Trinajstić information content (AvgIpc) is 2.73. The van der Waals surface area contributed by atoms with Gasteiger partial charge in [-0.1, -0.05) is 42.0 Å². The molecule has 0 saturated carbocycles. The van der Waals surface area contributed by atoms with Gasteiger partial charge >= 0.3 is 6.09 Å². The van der Waals surface area contributed by atoms with E-state index >= 15 is 0 Å². The molecule has 0 spiro atoms. The van der Waals surface area contributed by atoms with E-state index in [1.807, 2.05) is 49.9 Å². The first-order valence-electron chi connectivity index (χ1n) is 11.1. The molecule has 7 heteroatoms. The van der Waals surface area contributed by atoms with Gasteiger partial charge in [0.15, 0.2) is 0 Å². The fourth-order valence-corrected chi connectivity index (χ4v) is 4.10. The van der Waals surface area contributed by atoms with Crippen LogP contribution in [0.3, 0.4) is 0 Å². The Morgan fingerprint density at radius 3 is 2.29 bits per heavy atom. The first kappa shape index (κ1) is 23.6. The minimum Gasteiger partial charge on any atom is -0.444 e. The SMILES string of the molecule is CC(C)(C)OC(=O)N1CCN(CC(=O)N2CCC(C=Cc3ccccc3Cl)CC2)CC1. The van der Waals surface area contributed by atoms with Gasteiger partial charge in [0, 0.05) is 44.3 Å². The third kappa shape index (κ3) is 7.25. The molecule has 31 heavy (non-hydrogen) atoms. The lowest BCUT2D eigenvalue weighted by Gasteiger charge is -2.37. The summed E-state index contributed by atoms with van der Waals surface area (Å²) in [5.74, 6) is 0.650. The fraction of sp³-hybridized carbons (Fsp3) is 0.583. The first-order chi connectivity index (χ1) is 14.7. The average molecular weight is 448 g/mol. The molecule has 2 saturated heterocycles. The van der Waals surface area contributed by atoms with Gasteiger partial charge < -0.3 is 14.5 Å². The molecule has 0 bridgehead atoms. The number of carbonyl (C=O) groups excluding carboxylic acids is 2. The van der Waals surface area contributed by atoms with Crippen molar-refractivity contribution in [2.75, 3.05) is 45.8 Å². The fourth-order valence-electron chi connectivity index (χ4n) is 3.90. The van der Waals surface area contributed by atoms with Crippen LogP contribution >= 0.6 is 11.6 Å². The van der Waals surface area contributed by atoms with Crippen LogP contribution in [-0.4, -0.2) is 78.1 Å². The van der Waals surface area contributed by atoms with Crippen molar-refractivity contribution in [2.45, 2.75) is 39.2 Å². The number of hydrogen-bond acceptors (Lipinski definition) is 4. The normalized spacial score (nSPS) is 19.1. The number of likely N-dealkylation sites (tertiary alicyclic amines) is 1. The number of carbonyl (C=O) groups is 2. The molecule has 1 aromatic rings. The number of halogens is 1. The highest BCUT2D eigenvalue weighted by atomic mass is 35.5. The molecule has 0 aliphatic carbocycles. The maximum Gasteiger partial charge on any atom is 0.410 e. The van der Waals surface area contributed by atoms with Gasteiger partial charge in [0.1, 0.15) is 5.60 Å². The van der Waals surface area contributed by atoms with Crippen molar-refractivity contribution in [3.8, 4) is 0 Å². The smallest absolute Gasteiger partial charge is 0.410 e. The topological polar surface area (TPSA) is 53.1 Å². The summed E-state index contributed by atoms with van der Waals surface area (Å²) in [7, 11) is 0. The summed E-state index contributed by atoms with van der Waals surface area (Å²) in [4.78, 5) is 30.8. The molecule has 2 fully saturated rings. The third-order valence-electron chi connectivity index (χ3n) is 5.73. The summed E-state index contributed by atoms with van der Waals surface area (Å²) >= 11 is 6.22. The van der Waals surface area contributed by atoms with Crippen molar-refractivity contribution in [1.29, 1.82) is 0 Å². The van der Waals surface area contributed by atoms with E-state index in [9.17, 15) is 9.59 Å². The molecule has 0 unspecified atom stereocenters. The molecule has 3 rings (SSSR count). The maximum absolute atomic E-state index is 12.7. The first-order valence-corrected chi connectivity index (χ1v) is 11.5. The van der Waals surface area contributed by atoms with Crippen molar-refractivity contribution in [2.24, 2.45) is 5.92 Å². The number of benzene rings is 1. The molecule has 2 aliphatic rings. The number of piperidine rings is 1. The third-order valence-corrected chi connectivity index (χ3v) is 6.07. The molecular weight excluding hydrogens is 414 g/mol. The minimum atomic E-state index is -0.487. The number of ether oxygens (including phenoxy) is 1. The molecule has 1 aromatic carbocycles. The Hall–Kier alpha value is -2.05. The number of hydrogen-bond donors (Lipinski definition) is 0. The van der Waals surface area contributed by atoms with E-state index in [1.54, 1.807) is 4.90 Å². The Labute approximate surface area is 190 Å². The predicted molar refractivity (Wildman–Crippen MR) is 124 cm³/mol. The second kappa shape index (κ2) is 10.5. The number of allylic oxidation sites excluding steroid dienone is 1. The lowest BCUT2D eigenvalue weighted by atomic mass is 9.95. The van der Waals surface area contributed by atoms with Crippen molar-refractivity contribution in [1.82, 2.24) is 14.7 Å². The van der Waals surface area contributed by atoms with Crippen LogP contribution in [0.4, 0.5) is 4.79 Å². The van der Waals surface area contributed by atoms with E-state index in [-0.39, 0.29) is 12.0 Å². The minimum absolute atomic E-state index is 0.180. The number of nitrogens with zero attached hydrogens (tertiary/aromatic N) is 3. The van der Waals surface area contributed by atoms with Crippen LogP contribution in [0.15, 0.2) is 30.3 Å². The van der Waals surface area contributed by atoms with Gasteiger partial charge in [-0.15, -0.1) is 0 Å². The Morgan fingerprint density at radius 1 is 1.03 bits per heavy atom. The van der Waals surface area contributed by atoms with Gasteiger partial charge in [0.05, 0.1) is 6.54 Å². The highest BCUT2D eigenvalue weighted by Gasteiger charge is 2.28. The molecule has 0 N–H and O–H groups in total. The van der Waals surface area contributed by atoms with Crippen LogP contribution in [0, 0.1) is 5.92 Å². The van der Waals surface area contributed by atoms with E-state index in [2.05, 4.69) is 17.1 Å². The zero-order valence-electron chi connectivity index (χ0n) is 18.8. The lowest BCUT2D eigenvalue weighted by molar-refractivity contribution is -0.134. The zero-order chi connectivity index (χ0) is 22.4. The van der Waals surface area contributed by atoms with Crippen LogP contribution < -0.4 is 0 Å². The van der Waals surface area contributed by atoms with E-state index in [0.717, 1.165) is 36.5 Å². The Kier molecular flexibility index (Phi) is 8.00. The lowest BCUT2D eigenvalue weighted by Crippen LogP contribution is -2.53. The van der Waals surface area contributed by atoms with Gasteiger partial charge in [0.25, 0.3) is 0 Å². The number of amides is 2. The van der Waals surface area contributed by atoms with Crippen molar-refractivity contribution in [3.63, 3.8) is 0 Å². The van der Waals surface area contributed by atoms with E-state index in [0.29, 0.717) is 38.6 Å². The summed E-state index contributed by atoms with van der Waals surface area (Å²) in [5, 5.41) is 0.762. The van der Waals surface area contributed by atoms with Gasteiger partial charge in [-0.2, -0.15) is 0 Å². The molecule has 170 valence electrons. The van der Waals surface area contributed by atoms with Crippen LogP contribution in [0.1, 0.15) is 39.2 Å². The quantitative estimate of drug-likeness (QED) is 0.695. The monoisotopic (exact) mass is 447 g/mol. The molecule has 0 atom stereocenters. The highest BCUT2D eigenvalue weighted by Crippen LogP contribution is 2.22. The van der Waals surface area contributed by atoms with E-state index in [1.165, 1.54) is 0 Å². The Balaban J connectivity index is 1.39. The largest absolute Gasteiger partial charge is 0.444 e. The summed E-state index contributed by atoms with van der Waals surface area (Å²) in [6.45, 7) is 10.2. The predicted octanol–water partition coefficient (Wildman–Crippen LogP) is 4.14. The van der Waals surface area contributed by atoms with Crippen LogP contribution in [0.2, 0.25) is 5.02 Å². The van der Waals surface area contributed by atoms with Crippen LogP contribution in [-0.2, 0) is 9.53 Å². The summed E-state index contributed by atoms with van der Waals surface area (Å²) in [6, 6.07) is 7.83. The maximum atomic E-state index is 12.7. The number of piperazine rings is 1. The number of rotatable bonds is 4. The van der Waals surface area contributed by atoms with Gasteiger partial charge in [-0.05, 0) is 51.2 Å². The molecule has 6 nitrogen and oxygen atoms in total. The van der Waals surface area contributed by atoms with Gasteiger partial charge in [-0.25, -0.2) is 4.79 Å². The summed E-state index contributed by atoms with van der Waals surface area (Å²) in [6.07, 6.45) is 5.98. The van der Waals surface area contributed by atoms with E-state index in [4.69, 9.17) is 16.3 Å². The summed E-state index contributed by atoms with van der Waals surface area (Å²) < 4.78 is 5.43. The Bertz CT molecular complexity index is 790. The van der Waals surface area contributed by atoms with Gasteiger partial charge in [-0.3, -0.25) is 9.69 Å². The standard InChI is InChI=1S/C24H34ClN3O3/c1-24(2,3)31-23(30)28-16-14-26(15-17-28)18-22(29)27-12-10-19(11-13-27)8-9-20-6-4-5-7-21(20)25/h4-9,19H,10-18H2,1-3H3. The second-order valence-electron chi connectivity index (χ2n) is 9.34. The molecule has 0 aromatic heterocycles. The van der Waals surface area contributed by atoms with Crippen molar-refractivity contribution in [3.05, 3.63) is 40.9 Å². The highest BCUT2D eigenvalue weighted by molar-refractivity contribution is 6.32. The molecular formula is C24H34ClN3O3. The van der Waals surface area contributed by atoms with E-state index < -0.39 is 5.60 Å². The molecule has 2 amide bonds.